The van der Waals surface area contributed by atoms with Gasteiger partial charge in [-0.25, -0.2) is 9.97 Å². The van der Waals surface area contributed by atoms with Crippen LogP contribution in [0.3, 0.4) is 0 Å². The van der Waals surface area contributed by atoms with Crippen molar-refractivity contribution in [1.82, 2.24) is 19.9 Å². The van der Waals surface area contributed by atoms with Crippen LogP contribution in [-0.4, -0.2) is 51.9 Å². The van der Waals surface area contributed by atoms with Crippen LogP contribution in [0.15, 0.2) is 30.5 Å². The van der Waals surface area contributed by atoms with Crippen molar-refractivity contribution < 1.29 is 4.79 Å². The van der Waals surface area contributed by atoms with Crippen LogP contribution in [0, 0.1) is 5.92 Å². The normalized spacial score (nSPS) is 18.1. The van der Waals surface area contributed by atoms with Gasteiger partial charge in [-0.05, 0) is 44.2 Å². The Kier molecular flexibility index (Phi) is 5.32. The molecule has 0 bridgehead atoms. The summed E-state index contributed by atoms with van der Waals surface area (Å²) in [6, 6.07) is 7.88. The second kappa shape index (κ2) is 8.03. The quantitative estimate of drug-likeness (QED) is 0.834. The zero-order chi connectivity index (χ0) is 18.6. The number of rotatable bonds is 4. The Morgan fingerprint density at radius 3 is 2.56 bits per heavy atom. The molecule has 2 fully saturated rings. The van der Waals surface area contributed by atoms with Crippen LogP contribution in [0.1, 0.15) is 38.3 Å². The molecule has 2 saturated heterocycles. The average Bonchev–Trinajstić information content (AvgIpc) is 3.28. The number of aromatic nitrogens is 3. The first-order chi connectivity index (χ1) is 13.2. The number of hydrogen-bond donors (Lipinski definition) is 0. The first kappa shape index (κ1) is 17.9. The van der Waals surface area contributed by atoms with Crippen molar-refractivity contribution in [2.24, 2.45) is 5.92 Å². The molecule has 1 amide bonds. The van der Waals surface area contributed by atoms with E-state index in [-0.39, 0.29) is 5.92 Å². The largest absolute Gasteiger partial charge is 0.356 e. The van der Waals surface area contributed by atoms with Crippen LogP contribution in [0.5, 0.6) is 0 Å². The molecule has 0 radical (unpaired) electrons. The molecule has 6 nitrogen and oxygen atoms in total. The third kappa shape index (κ3) is 3.94. The summed E-state index contributed by atoms with van der Waals surface area (Å²) in [4.78, 5) is 30.8. The van der Waals surface area contributed by atoms with E-state index >= 15 is 0 Å². The summed E-state index contributed by atoms with van der Waals surface area (Å²) >= 11 is 0. The predicted molar refractivity (Wildman–Crippen MR) is 105 cm³/mol. The minimum atomic E-state index is 0.169. The summed E-state index contributed by atoms with van der Waals surface area (Å²) in [5.74, 6) is 2.16. The molecular weight excluding hydrogens is 338 g/mol. The number of carbonyl (C=O) groups is 1. The average molecular weight is 365 g/mol. The molecule has 0 spiro atoms. The molecule has 2 aliphatic heterocycles. The van der Waals surface area contributed by atoms with Crippen LogP contribution >= 0.6 is 0 Å². The van der Waals surface area contributed by atoms with Crippen molar-refractivity contribution in [3.63, 3.8) is 0 Å². The van der Waals surface area contributed by atoms with Crippen LogP contribution < -0.4 is 4.90 Å². The molecule has 0 N–H and O–H groups in total. The van der Waals surface area contributed by atoms with Gasteiger partial charge < -0.3 is 9.80 Å². The number of likely N-dealkylation sites (tertiary alicyclic amines) is 1. The smallest absolute Gasteiger partial charge is 0.225 e. The Labute approximate surface area is 160 Å². The minimum Gasteiger partial charge on any atom is -0.356 e. The van der Waals surface area contributed by atoms with Crippen LogP contribution in [0.2, 0.25) is 0 Å². The second-order valence-electron chi connectivity index (χ2n) is 7.40. The zero-order valence-electron chi connectivity index (χ0n) is 16.0. The summed E-state index contributed by atoms with van der Waals surface area (Å²) in [6.07, 6.45) is 6.74. The summed E-state index contributed by atoms with van der Waals surface area (Å²) in [5.41, 5.74) is 1.82. The summed E-state index contributed by atoms with van der Waals surface area (Å²) in [5, 5.41) is 0. The molecule has 2 aromatic heterocycles. The Hall–Kier alpha value is -2.50. The lowest BCUT2D eigenvalue weighted by Gasteiger charge is -2.34. The predicted octanol–water partition coefficient (Wildman–Crippen LogP) is 2.94. The monoisotopic (exact) mass is 365 g/mol. The molecule has 6 heteroatoms. The molecule has 0 saturated carbocycles. The standard InChI is InChI=1S/C21H27N5O/c1-2-17-15-19(24-20(23-17)18-7-3-4-10-22-18)25-13-8-16(9-14-25)21(27)26-11-5-6-12-26/h3-4,7,10,15-16H,2,5-6,8-9,11-14H2,1H3. The SMILES string of the molecule is CCc1cc(N2CCC(C(=O)N3CCCC3)CC2)nc(-c2ccccn2)n1. The van der Waals surface area contributed by atoms with E-state index in [1.54, 1.807) is 6.20 Å². The van der Waals surface area contributed by atoms with Crippen molar-refractivity contribution in [3.05, 3.63) is 36.2 Å². The highest BCUT2D eigenvalue weighted by molar-refractivity contribution is 5.79. The number of amides is 1. The molecule has 0 aromatic carbocycles. The molecule has 2 aromatic rings. The van der Waals surface area contributed by atoms with E-state index in [1.165, 1.54) is 0 Å². The van der Waals surface area contributed by atoms with E-state index in [1.807, 2.05) is 18.2 Å². The van der Waals surface area contributed by atoms with Gasteiger partial charge in [-0.2, -0.15) is 0 Å². The molecule has 4 heterocycles. The molecule has 0 unspecified atom stereocenters. The number of nitrogens with zero attached hydrogens (tertiary/aromatic N) is 5. The van der Waals surface area contributed by atoms with Crippen molar-refractivity contribution in [2.45, 2.75) is 39.0 Å². The maximum Gasteiger partial charge on any atom is 0.225 e. The Morgan fingerprint density at radius 1 is 1.11 bits per heavy atom. The van der Waals surface area contributed by atoms with Gasteiger partial charge in [0.1, 0.15) is 11.5 Å². The molecule has 142 valence electrons. The van der Waals surface area contributed by atoms with Gasteiger partial charge in [0, 0.05) is 50.1 Å². The number of piperidine rings is 1. The van der Waals surface area contributed by atoms with E-state index in [0.29, 0.717) is 11.7 Å². The van der Waals surface area contributed by atoms with Crippen LogP contribution in [0.4, 0.5) is 5.82 Å². The Balaban J connectivity index is 1.48. The van der Waals surface area contributed by atoms with E-state index < -0.39 is 0 Å². The van der Waals surface area contributed by atoms with Crippen molar-refractivity contribution in [1.29, 1.82) is 0 Å². The summed E-state index contributed by atoms with van der Waals surface area (Å²) in [7, 11) is 0. The van der Waals surface area contributed by atoms with Crippen molar-refractivity contribution in [3.8, 4) is 11.5 Å². The van der Waals surface area contributed by atoms with Crippen LogP contribution in [-0.2, 0) is 11.2 Å². The molecule has 0 atom stereocenters. The third-order valence-corrected chi connectivity index (χ3v) is 5.61. The summed E-state index contributed by atoms with van der Waals surface area (Å²) < 4.78 is 0. The number of hydrogen-bond acceptors (Lipinski definition) is 5. The molecule has 4 rings (SSSR count). The fourth-order valence-electron chi connectivity index (χ4n) is 3.99. The minimum absolute atomic E-state index is 0.169. The van der Waals surface area contributed by atoms with Gasteiger partial charge in [-0.15, -0.1) is 0 Å². The van der Waals surface area contributed by atoms with Gasteiger partial charge in [0.25, 0.3) is 0 Å². The highest BCUT2D eigenvalue weighted by Crippen LogP contribution is 2.26. The molecular formula is C21H27N5O. The maximum atomic E-state index is 12.7. The van der Waals surface area contributed by atoms with Crippen molar-refractivity contribution >= 4 is 11.7 Å². The number of aryl methyl sites for hydroxylation is 1. The summed E-state index contributed by atoms with van der Waals surface area (Å²) in [6.45, 7) is 5.73. The molecule has 2 aliphatic rings. The highest BCUT2D eigenvalue weighted by Gasteiger charge is 2.30. The number of pyridine rings is 1. The Bertz CT molecular complexity index is 780. The third-order valence-electron chi connectivity index (χ3n) is 5.61. The highest BCUT2D eigenvalue weighted by atomic mass is 16.2. The fourth-order valence-corrected chi connectivity index (χ4v) is 3.99. The van der Waals surface area contributed by atoms with E-state index in [0.717, 1.165) is 75.5 Å². The lowest BCUT2D eigenvalue weighted by molar-refractivity contribution is -0.135. The van der Waals surface area contributed by atoms with Gasteiger partial charge in [-0.3, -0.25) is 9.78 Å². The first-order valence-electron chi connectivity index (χ1n) is 10.1. The second-order valence-corrected chi connectivity index (χ2v) is 7.40. The topological polar surface area (TPSA) is 62.2 Å². The zero-order valence-corrected chi connectivity index (χ0v) is 16.0. The Morgan fingerprint density at radius 2 is 1.89 bits per heavy atom. The maximum absolute atomic E-state index is 12.7. The van der Waals surface area contributed by atoms with Gasteiger partial charge in [-0.1, -0.05) is 13.0 Å². The van der Waals surface area contributed by atoms with Gasteiger partial charge >= 0.3 is 0 Å². The van der Waals surface area contributed by atoms with E-state index in [9.17, 15) is 4.79 Å². The van der Waals surface area contributed by atoms with E-state index in [2.05, 4.69) is 32.8 Å². The lowest BCUT2D eigenvalue weighted by Crippen LogP contribution is -2.42. The van der Waals surface area contributed by atoms with Crippen LogP contribution in [0.25, 0.3) is 11.5 Å². The lowest BCUT2D eigenvalue weighted by atomic mass is 9.95. The van der Waals surface area contributed by atoms with Gasteiger partial charge in [0.15, 0.2) is 5.82 Å². The first-order valence-corrected chi connectivity index (χ1v) is 10.1. The van der Waals surface area contributed by atoms with Crippen molar-refractivity contribution in [2.75, 3.05) is 31.1 Å². The van der Waals surface area contributed by atoms with Gasteiger partial charge in [0.05, 0.1) is 0 Å². The number of carbonyl (C=O) groups excluding carboxylic acids is 1. The molecule has 0 aliphatic carbocycles. The van der Waals surface area contributed by atoms with Gasteiger partial charge in [0.2, 0.25) is 5.91 Å². The number of anilines is 1. The molecule has 27 heavy (non-hydrogen) atoms. The fraction of sp³-hybridized carbons (Fsp3) is 0.524. The van der Waals surface area contributed by atoms with E-state index in [4.69, 9.17) is 4.98 Å².